The monoisotopic (exact) mass is 152 g/mol. The van der Waals surface area contributed by atoms with Crippen LogP contribution in [0.3, 0.4) is 0 Å². The molecule has 0 aromatic heterocycles. The first kappa shape index (κ1) is 5.92. The van der Waals surface area contributed by atoms with Crippen molar-refractivity contribution in [2.75, 3.05) is 0 Å². The summed E-state index contributed by atoms with van der Waals surface area (Å²) in [6.07, 6.45) is 8.21. The molecule has 2 aliphatic heterocycles. The first-order valence-corrected chi connectivity index (χ1v) is 3.92. The van der Waals surface area contributed by atoms with Crippen LogP contribution in [-0.4, -0.2) is 4.31 Å². The van der Waals surface area contributed by atoms with E-state index in [0.29, 0.717) is 0 Å². The zero-order valence-corrected chi connectivity index (χ0v) is 6.48. The van der Waals surface area contributed by atoms with Crippen molar-refractivity contribution >= 4 is 12.1 Å². The van der Waals surface area contributed by atoms with Crippen molar-refractivity contribution in [3.05, 3.63) is 35.8 Å². The van der Waals surface area contributed by atoms with Gasteiger partial charge in [0.05, 0.1) is 17.8 Å². The van der Waals surface area contributed by atoms with Crippen LogP contribution >= 0.6 is 12.1 Å². The third kappa shape index (κ3) is 0.743. The molecule has 0 saturated heterocycles. The second-order valence-electron chi connectivity index (χ2n) is 2.26. The van der Waals surface area contributed by atoms with Crippen LogP contribution in [0.5, 0.6) is 0 Å². The summed E-state index contributed by atoms with van der Waals surface area (Å²) in [4.78, 5) is 0. The standard InChI is InChI=1S/C7H8N2S/c1-6-3-2-4-9-7(6)5-8-10-9/h2-5,8H,1H3. The van der Waals surface area contributed by atoms with Gasteiger partial charge in [0, 0.05) is 12.4 Å². The van der Waals surface area contributed by atoms with E-state index in [2.05, 4.69) is 22.0 Å². The number of fused-ring (bicyclic) bond motifs is 1. The average Bonchev–Trinajstić information content (AvgIpc) is 2.36. The molecule has 0 bridgehead atoms. The smallest absolute Gasteiger partial charge is 0.0729 e. The van der Waals surface area contributed by atoms with Gasteiger partial charge in [0.25, 0.3) is 0 Å². The van der Waals surface area contributed by atoms with Gasteiger partial charge < -0.3 is 4.72 Å². The lowest BCUT2D eigenvalue weighted by atomic mass is 10.2. The largest absolute Gasteiger partial charge is 0.316 e. The Kier molecular flexibility index (Phi) is 1.24. The van der Waals surface area contributed by atoms with Crippen molar-refractivity contribution in [2.45, 2.75) is 6.92 Å². The van der Waals surface area contributed by atoms with E-state index in [1.807, 2.05) is 18.5 Å². The van der Waals surface area contributed by atoms with E-state index in [9.17, 15) is 0 Å². The van der Waals surface area contributed by atoms with Gasteiger partial charge in [0.15, 0.2) is 0 Å². The van der Waals surface area contributed by atoms with Crippen LogP contribution in [0, 0.1) is 0 Å². The highest BCUT2D eigenvalue weighted by Gasteiger charge is 2.16. The summed E-state index contributed by atoms with van der Waals surface area (Å²) in [6, 6.07) is 0. The van der Waals surface area contributed by atoms with Gasteiger partial charge in [0.2, 0.25) is 0 Å². The van der Waals surface area contributed by atoms with E-state index in [4.69, 9.17) is 0 Å². The molecule has 0 unspecified atom stereocenters. The Labute approximate surface area is 64.6 Å². The van der Waals surface area contributed by atoms with Crippen LogP contribution < -0.4 is 4.72 Å². The number of allylic oxidation sites excluding steroid dienone is 3. The molecule has 0 spiro atoms. The van der Waals surface area contributed by atoms with E-state index in [1.54, 1.807) is 12.1 Å². The lowest BCUT2D eigenvalue weighted by Crippen LogP contribution is -2.06. The molecule has 0 amide bonds. The predicted octanol–water partition coefficient (Wildman–Crippen LogP) is 1.77. The zero-order chi connectivity index (χ0) is 6.97. The van der Waals surface area contributed by atoms with E-state index >= 15 is 0 Å². The highest BCUT2D eigenvalue weighted by atomic mass is 32.2. The van der Waals surface area contributed by atoms with Gasteiger partial charge in [0.1, 0.15) is 0 Å². The summed E-state index contributed by atoms with van der Waals surface area (Å²) in [7, 11) is 0. The Morgan fingerprint density at radius 3 is 3.30 bits per heavy atom. The first-order chi connectivity index (χ1) is 4.88. The van der Waals surface area contributed by atoms with E-state index in [-0.39, 0.29) is 0 Å². The van der Waals surface area contributed by atoms with Crippen molar-refractivity contribution in [3.63, 3.8) is 0 Å². The van der Waals surface area contributed by atoms with Crippen molar-refractivity contribution in [2.24, 2.45) is 0 Å². The predicted molar refractivity (Wildman–Crippen MR) is 43.5 cm³/mol. The Hall–Kier alpha value is -0.830. The highest BCUT2D eigenvalue weighted by molar-refractivity contribution is 7.95. The van der Waals surface area contributed by atoms with Gasteiger partial charge in [-0.05, 0) is 18.6 Å². The molecule has 3 heteroatoms. The van der Waals surface area contributed by atoms with Crippen LogP contribution in [0.25, 0.3) is 0 Å². The molecular weight excluding hydrogens is 144 g/mol. The molecule has 0 atom stereocenters. The van der Waals surface area contributed by atoms with E-state index in [0.717, 1.165) is 0 Å². The van der Waals surface area contributed by atoms with Crippen molar-refractivity contribution in [1.29, 1.82) is 0 Å². The minimum atomic E-state index is 1.26. The summed E-state index contributed by atoms with van der Waals surface area (Å²) >= 11 is 1.59. The number of rotatable bonds is 0. The fourth-order valence-corrected chi connectivity index (χ4v) is 1.71. The Bertz CT molecular complexity index is 240. The van der Waals surface area contributed by atoms with Crippen molar-refractivity contribution < 1.29 is 0 Å². The van der Waals surface area contributed by atoms with Gasteiger partial charge in [-0.3, -0.25) is 4.31 Å². The van der Waals surface area contributed by atoms with Crippen molar-refractivity contribution in [1.82, 2.24) is 9.03 Å². The SMILES string of the molecule is CC1=CC=CN2SNC=C12. The number of hydrogen-bond acceptors (Lipinski definition) is 3. The van der Waals surface area contributed by atoms with E-state index in [1.165, 1.54) is 11.3 Å². The van der Waals surface area contributed by atoms with Crippen LogP contribution in [0.15, 0.2) is 35.8 Å². The summed E-state index contributed by atoms with van der Waals surface area (Å²) in [5, 5.41) is 0. The molecule has 0 aromatic rings. The molecule has 0 saturated carbocycles. The average molecular weight is 152 g/mol. The van der Waals surface area contributed by atoms with Gasteiger partial charge in [-0.25, -0.2) is 0 Å². The maximum Gasteiger partial charge on any atom is 0.0729 e. The lowest BCUT2D eigenvalue weighted by Gasteiger charge is -2.17. The number of nitrogens with one attached hydrogen (secondary N) is 1. The minimum Gasteiger partial charge on any atom is -0.316 e. The topological polar surface area (TPSA) is 15.3 Å². The fourth-order valence-electron chi connectivity index (χ4n) is 1.00. The molecule has 2 heterocycles. The lowest BCUT2D eigenvalue weighted by molar-refractivity contribution is 0.786. The van der Waals surface area contributed by atoms with Crippen LogP contribution in [0.1, 0.15) is 6.92 Å². The van der Waals surface area contributed by atoms with Gasteiger partial charge in [-0.2, -0.15) is 0 Å². The fraction of sp³-hybridized carbons (Fsp3) is 0.143. The number of nitrogens with zero attached hydrogens (tertiary/aromatic N) is 1. The third-order valence-corrected chi connectivity index (χ3v) is 2.29. The summed E-state index contributed by atoms with van der Waals surface area (Å²) in [6.45, 7) is 2.11. The zero-order valence-electron chi connectivity index (χ0n) is 5.66. The maximum atomic E-state index is 3.08. The Balaban J connectivity index is 2.38. The molecule has 10 heavy (non-hydrogen) atoms. The molecule has 2 nitrogen and oxygen atoms in total. The minimum absolute atomic E-state index is 1.26. The molecule has 0 radical (unpaired) electrons. The molecule has 1 N–H and O–H groups in total. The second-order valence-corrected chi connectivity index (χ2v) is 3.07. The van der Waals surface area contributed by atoms with Crippen LogP contribution in [0.2, 0.25) is 0 Å². The van der Waals surface area contributed by atoms with E-state index < -0.39 is 0 Å². The summed E-state index contributed by atoms with van der Waals surface area (Å²) in [5.41, 5.74) is 2.56. The molecular formula is C7H8N2S. The normalized spacial score (nSPS) is 21.5. The molecule has 0 aliphatic carbocycles. The van der Waals surface area contributed by atoms with Gasteiger partial charge >= 0.3 is 0 Å². The number of hydrogen-bond donors (Lipinski definition) is 1. The highest BCUT2D eigenvalue weighted by Crippen LogP contribution is 2.29. The molecule has 2 rings (SSSR count). The molecule has 2 aliphatic rings. The summed E-state index contributed by atoms with van der Waals surface area (Å²) in [5.74, 6) is 0. The molecule has 0 fully saturated rings. The van der Waals surface area contributed by atoms with Crippen LogP contribution in [-0.2, 0) is 0 Å². The summed E-state index contributed by atoms with van der Waals surface area (Å²) < 4.78 is 5.19. The third-order valence-electron chi connectivity index (χ3n) is 1.56. The molecule has 52 valence electrons. The molecule has 0 aromatic carbocycles. The first-order valence-electron chi connectivity index (χ1n) is 3.15. The van der Waals surface area contributed by atoms with Gasteiger partial charge in [-0.1, -0.05) is 6.08 Å². The second kappa shape index (κ2) is 2.09. The van der Waals surface area contributed by atoms with Crippen molar-refractivity contribution in [3.8, 4) is 0 Å². The Morgan fingerprint density at radius 2 is 2.50 bits per heavy atom. The Morgan fingerprint density at radius 1 is 1.60 bits per heavy atom. The van der Waals surface area contributed by atoms with Crippen LogP contribution in [0.4, 0.5) is 0 Å². The van der Waals surface area contributed by atoms with Gasteiger partial charge in [-0.15, -0.1) is 0 Å². The quantitative estimate of drug-likeness (QED) is 0.532. The maximum absolute atomic E-state index is 3.08.